The minimum absolute atomic E-state index is 0.193. The minimum Gasteiger partial charge on any atom is -0.335 e. The quantitative estimate of drug-likeness (QED) is 0.617. The third kappa shape index (κ3) is 4.14. The number of nitrogens with one attached hydrogen (secondary N) is 3. The van der Waals surface area contributed by atoms with Crippen LogP contribution in [0.4, 0.5) is 10.6 Å². The number of amides is 2. The smallest absolute Gasteiger partial charge is 0.320 e. The Balaban J connectivity index is 1.33. The molecule has 5 rings (SSSR count). The van der Waals surface area contributed by atoms with Gasteiger partial charge >= 0.3 is 6.03 Å². The van der Waals surface area contributed by atoms with Gasteiger partial charge in [-0.25, -0.2) is 9.78 Å². The van der Waals surface area contributed by atoms with Gasteiger partial charge in [-0.2, -0.15) is 5.10 Å². The molecule has 1 saturated carbocycles. The first kappa shape index (κ1) is 19.0. The molecule has 30 heavy (non-hydrogen) atoms. The van der Waals surface area contributed by atoms with E-state index in [1.54, 1.807) is 6.07 Å². The zero-order valence-corrected chi connectivity index (χ0v) is 17.0. The number of hydrogen-bond acceptors (Lipinski definition) is 5. The summed E-state index contributed by atoms with van der Waals surface area (Å²) in [4.78, 5) is 21.4. The average Bonchev–Trinajstić information content (AvgIpc) is 3.46. The molecule has 4 heterocycles. The fraction of sp³-hybridized carbons (Fsp3) is 0.455. The van der Waals surface area contributed by atoms with E-state index in [1.165, 1.54) is 12.8 Å². The van der Waals surface area contributed by atoms with Crippen molar-refractivity contribution in [3.63, 3.8) is 0 Å². The van der Waals surface area contributed by atoms with Crippen LogP contribution in [0.15, 0.2) is 36.8 Å². The van der Waals surface area contributed by atoms with Gasteiger partial charge in [0.1, 0.15) is 5.82 Å². The monoisotopic (exact) mass is 405 g/mol. The van der Waals surface area contributed by atoms with E-state index in [-0.39, 0.29) is 12.1 Å². The Morgan fingerprint density at radius 1 is 1.03 bits per heavy atom. The van der Waals surface area contributed by atoms with E-state index >= 15 is 0 Å². The lowest BCUT2D eigenvalue weighted by Crippen LogP contribution is -2.36. The van der Waals surface area contributed by atoms with Gasteiger partial charge in [0, 0.05) is 29.6 Å². The fourth-order valence-corrected chi connectivity index (χ4v) is 4.40. The highest BCUT2D eigenvalue weighted by Crippen LogP contribution is 2.25. The summed E-state index contributed by atoms with van der Waals surface area (Å²) >= 11 is 0. The lowest BCUT2D eigenvalue weighted by molar-refractivity contribution is 0.248. The number of nitrogens with zero attached hydrogens (tertiary/aromatic N) is 4. The number of aromatic nitrogens is 4. The Morgan fingerprint density at radius 2 is 1.87 bits per heavy atom. The number of carbonyl (C=O) groups is 1. The molecular weight excluding hydrogens is 378 g/mol. The van der Waals surface area contributed by atoms with Crippen LogP contribution < -0.4 is 16.0 Å². The molecule has 3 N–H and O–H groups in total. The Morgan fingerprint density at radius 3 is 2.70 bits per heavy atom. The molecule has 8 heteroatoms. The summed E-state index contributed by atoms with van der Waals surface area (Å²) in [5.41, 5.74) is 3.55. The maximum Gasteiger partial charge on any atom is 0.320 e. The molecule has 3 aromatic heterocycles. The van der Waals surface area contributed by atoms with Gasteiger partial charge in [0.2, 0.25) is 0 Å². The minimum atomic E-state index is -0.193. The maximum atomic E-state index is 12.3. The molecule has 2 amide bonds. The summed E-state index contributed by atoms with van der Waals surface area (Å²) in [7, 11) is 0. The third-order valence-electron chi connectivity index (χ3n) is 6.09. The second kappa shape index (κ2) is 8.39. The van der Waals surface area contributed by atoms with E-state index in [9.17, 15) is 4.79 Å². The fourth-order valence-electron chi connectivity index (χ4n) is 4.40. The van der Waals surface area contributed by atoms with Crippen molar-refractivity contribution < 1.29 is 4.79 Å². The molecule has 0 atom stereocenters. The lowest BCUT2D eigenvalue weighted by atomic mass is 10.1. The predicted molar refractivity (Wildman–Crippen MR) is 116 cm³/mol. The van der Waals surface area contributed by atoms with E-state index in [1.807, 2.05) is 24.5 Å². The summed E-state index contributed by atoms with van der Waals surface area (Å²) in [5.74, 6) is 0.530. The SMILES string of the molecule is O=C(Nc1ccc2ncc(-c3cnn(C4CCNCC4)c3)cc2n1)NC1CCCC1. The van der Waals surface area contributed by atoms with Gasteiger partial charge < -0.3 is 10.6 Å². The van der Waals surface area contributed by atoms with Gasteiger partial charge in [0.05, 0.1) is 23.3 Å². The van der Waals surface area contributed by atoms with E-state index < -0.39 is 0 Å². The molecule has 156 valence electrons. The van der Waals surface area contributed by atoms with E-state index in [0.717, 1.165) is 60.9 Å². The van der Waals surface area contributed by atoms with E-state index in [4.69, 9.17) is 0 Å². The number of fused-ring (bicyclic) bond motifs is 1. The van der Waals surface area contributed by atoms with Crippen LogP contribution in [0.2, 0.25) is 0 Å². The summed E-state index contributed by atoms with van der Waals surface area (Å²) in [5, 5.41) is 13.8. The summed E-state index contributed by atoms with van der Waals surface area (Å²) < 4.78 is 2.07. The molecule has 1 aliphatic carbocycles. The summed E-state index contributed by atoms with van der Waals surface area (Å²) in [6.07, 6.45) is 12.5. The lowest BCUT2D eigenvalue weighted by Gasteiger charge is -2.22. The molecule has 0 radical (unpaired) electrons. The molecule has 8 nitrogen and oxygen atoms in total. The Kier molecular flexibility index (Phi) is 5.31. The topological polar surface area (TPSA) is 96.8 Å². The zero-order chi connectivity index (χ0) is 20.3. The van der Waals surface area contributed by atoms with Crippen LogP contribution in [-0.4, -0.2) is 44.9 Å². The standard InChI is InChI=1S/C22H27N7O/c30-22(26-17-3-1-2-4-17)28-21-6-5-19-20(27-21)11-15(12-24-19)16-13-25-29(14-16)18-7-9-23-10-8-18/h5-6,11-14,17-18,23H,1-4,7-10H2,(H2,26,27,28,30). The van der Waals surface area contributed by atoms with Gasteiger partial charge in [0.15, 0.2) is 0 Å². The van der Waals surface area contributed by atoms with Crippen LogP contribution in [0.5, 0.6) is 0 Å². The van der Waals surface area contributed by atoms with Crippen molar-refractivity contribution in [2.24, 2.45) is 0 Å². The van der Waals surface area contributed by atoms with Crippen molar-refractivity contribution in [3.8, 4) is 11.1 Å². The van der Waals surface area contributed by atoms with Crippen molar-refractivity contribution in [1.29, 1.82) is 0 Å². The molecule has 1 aliphatic heterocycles. The van der Waals surface area contributed by atoms with Gasteiger partial charge in [-0.1, -0.05) is 12.8 Å². The Bertz CT molecular complexity index is 1030. The van der Waals surface area contributed by atoms with Crippen molar-refractivity contribution in [2.45, 2.75) is 50.6 Å². The Labute approximate surface area is 175 Å². The largest absolute Gasteiger partial charge is 0.335 e. The second-order valence-corrected chi connectivity index (χ2v) is 8.23. The number of hydrogen-bond donors (Lipinski definition) is 3. The first-order valence-electron chi connectivity index (χ1n) is 10.8. The molecule has 2 fully saturated rings. The van der Waals surface area contributed by atoms with E-state index in [0.29, 0.717) is 11.9 Å². The van der Waals surface area contributed by atoms with Crippen LogP contribution >= 0.6 is 0 Å². The van der Waals surface area contributed by atoms with E-state index in [2.05, 4.69) is 41.9 Å². The molecule has 0 spiro atoms. The highest BCUT2D eigenvalue weighted by molar-refractivity contribution is 5.90. The number of urea groups is 1. The normalized spacial score (nSPS) is 18.0. The number of carbonyl (C=O) groups excluding carboxylic acids is 1. The number of anilines is 1. The average molecular weight is 406 g/mol. The highest BCUT2D eigenvalue weighted by Gasteiger charge is 2.18. The first-order valence-corrected chi connectivity index (χ1v) is 10.8. The van der Waals surface area contributed by atoms with Gasteiger partial charge in [-0.3, -0.25) is 15.0 Å². The van der Waals surface area contributed by atoms with Crippen molar-refractivity contribution in [2.75, 3.05) is 18.4 Å². The predicted octanol–water partition coefficient (Wildman–Crippen LogP) is 3.48. The third-order valence-corrected chi connectivity index (χ3v) is 6.09. The first-order chi connectivity index (χ1) is 14.7. The number of rotatable bonds is 4. The molecule has 1 saturated heterocycles. The maximum absolute atomic E-state index is 12.3. The molecule has 2 aliphatic rings. The molecule has 0 unspecified atom stereocenters. The van der Waals surface area contributed by atoms with Gasteiger partial charge in [-0.15, -0.1) is 0 Å². The van der Waals surface area contributed by atoms with Crippen LogP contribution in [0.3, 0.4) is 0 Å². The molecule has 3 aromatic rings. The van der Waals surface area contributed by atoms with Gasteiger partial charge in [-0.05, 0) is 57.0 Å². The van der Waals surface area contributed by atoms with Crippen molar-refractivity contribution >= 4 is 22.9 Å². The van der Waals surface area contributed by atoms with Crippen LogP contribution in [0.25, 0.3) is 22.2 Å². The van der Waals surface area contributed by atoms with Crippen molar-refractivity contribution in [3.05, 3.63) is 36.8 Å². The zero-order valence-electron chi connectivity index (χ0n) is 17.0. The molecular formula is C22H27N7O. The number of piperidine rings is 1. The summed E-state index contributed by atoms with van der Waals surface area (Å²) in [6.45, 7) is 2.07. The van der Waals surface area contributed by atoms with Crippen LogP contribution in [-0.2, 0) is 0 Å². The Hall–Kier alpha value is -3.00. The second-order valence-electron chi connectivity index (χ2n) is 8.23. The molecule has 0 aromatic carbocycles. The molecule has 0 bridgehead atoms. The summed E-state index contributed by atoms with van der Waals surface area (Å²) in [6, 6.07) is 6.21. The van der Waals surface area contributed by atoms with Crippen LogP contribution in [0.1, 0.15) is 44.6 Å². The van der Waals surface area contributed by atoms with Crippen molar-refractivity contribution in [1.82, 2.24) is 30.4 Å². The number of pyridine rings is 2. The van der Waals surface area contributed by atoms with Gasteiger partial charge in [0.25, 0.3) is 0 Å². The van der Waals surface area contributed by atoms with Crippen LogP contribution in [0, 0.1) is 0 Å². The highest BCUT2D eigenvalue weighted by atomic mass is 16.2.